The zero-order chi connectivity index (χ0) is 18.0. The van der Waals surface area contributed by atoms with Crippen LogP contribution >= 0.6 is 15.9 Å². The second kappa shape index (κ2) is 7.13. The van der Waals surface area contributed by atoms with Crippen molar-refractivity contribution in [3.05, 3.63) is 28.8 Å². The van der Waals surface area contributed by atoms with Crippen molar-refractivity contribution in [2.75, 3.05) is 18.8 Å². The minimum atomic E-state index is 0.340. The molecule has 0 radical (unpaired) electrons. The van der Waals surface area contributed by atoms with Gasteiger partial charge < -0.3 is 11.1 Å². The van der Waals surface area contributed by atoms with E-state index in [2.05, 4.69) is 57.3 Å². The van der Waals surface area contributed by atoms with Crippen molar-refractivity contribution in [2.24, 2.45) is 5.41 Å². The third kappa shape index (κ3) is 4.01. The van der Waals surface area contributed by atoms with Crippen LogP contribution in [0.15, 0.2) is 23.1 Å². The predicted molar refractivity (Wildman–Crippen MR) is 103 cm³/mol. The first-order valence-electron chi connectivity index (χ1n) is 8.38. The molecule has 3 aromatic heterocycles. The third-order valence-corrected chi connectivity index (χ3v) is 4.95. The van der Waals surface area contributed by atoms with Crippen molar-refractivity contribution in [2.45, 2.75) is 33.6 Å². The number of halogens is 1. The van der Waals surface area contributed by atoms with E-state index in [-0.39, 0.29) is 0 Å². The number of hydrogen-bond donors (Lipinski definition) is 3. The normalized spacial score (nSPS) is 12.2. The highest BCUT2D eigenvalue weighted by molar-refractivity contribution is 9.10. The van der Waals surface area contributed by atoms with E-state index in [1.807, 2.05) is 6.20 Å². The van der Waals surface area contributed by atoms with Crippen LogP contribution < -0.4 is 11.1 Å². The average Bonchev–Trinajstić information content (AvgIpc) is 3.19. The van der Waals surface area contributed by atoms with Crippen LogP contribution in [-0.2, 0) is 6.42 Å². The van der Waals surface area contributed by atoms with Crippen molar-refractivity contribution < 1.29 is 0 Å². The highest BCUT2D eigenvalue weighted by Crippen LogP contribution is 2.29. The van der Waals surface area contributed by atoms with Gasteiger partial charge in [-0.3, -0.25) is 5.10 Å². The van der Waals surface area contributed by atoms with E-state index < -0.39 is 0 Å². The summed E-state index contributed by atoms with van der Waals surface area (Å²) >= 11 is 3.57. The Morgan fingerprint density at radius 3 is 2.76 bits per heavy atom. The molecule has 0 bridgehead atoms. The van der Waals surface area contributed by atoms with Crippen molar-refractivity contribution in [3.8, 4) is 11.1 Å². The van der Waals surface area contributed by atoms with E-state index in [4.69, 9.17) is 10.7 Å². The summed E-state index contributed by atoms with van der Waals surface area (Å²) in [4.78, 5) is 4.79. The lowest BCUT2D eigenvalue weighted by Gasteiger charge is -2.18. The molecule has 3 aromatic rings. The molecule has 25 heavy (non-hydrogen) atoms. The molecule has 7 nitrogen and oxygen atoms in total. The highest BCUT2D eigenvalue weighted by atomic mass is 79.9. The molecule has 8 heteroatoms. The molecule has 0 saturated carbocycles. The monoisotopic (exact) mass is 405 g/mol. The molecule has 134 valence electrons. The maximum Gasteiger partial charge on any atom is 0.165 e. The van der Waals surface area contributed by atoms with Gasteiger partial charge in [0.2, 0.25) is 0 Å². The minimum Gasteiger partial charge on any atom is -0.383 e. The van der Waals surface area contributed by atoms with E-state index >= 15 is 0 Å². The van der Waals surface area contributed by atoms with Crippen LogP contribution in [0.3, 0.4) is 0 Å². The fraction of sp³-hybridized carbons (Fsp3) is 0.471. The first kappa shape index (κ1) is 17.9. The van der Waals surface area contributed by atoms with Gasteiger partial charge in [0.1, 0.15) is 5.82 Å². The Labute approximate surface area is 155 Å². The predicted octanol–water partition coefficient (Wildman–Crippen LogP) is 3.03. The molecule has 0 aliphatic carbocycles. The molecule has 0 fully saturated rings. The Balaban J connectivity index is 1.79. The number of H-pyrrole nitrogens is 1. The number of hydrogen-bond acceptors (Lipinski definition) is 5. The van der Waals surface area contributed by atoms with E-state index in [1.165, 1.54) is 0 Å². The van der Waals surface area contributed by atoms with Gasteiger partial charge in [-0.1, -0.05) is 20.8 Å². The Kier molecular flexibility index (Phi) is 5.10. The number of aromatic nitrogens is 5. The second-order valence-electron chi connectivity index (χ2n) is 7.35. The molecule has 3 rings (SSSR count). The smallest absolute Gasteiger partial charge is 0.165 e. The quantitative estimate of drug-likeness (QED) is 0.547. The third-order valence-electron chi connectivity index (χ3n) is 4.09. The number of nitrogens with two attached hydrogens (primary N) is 1. The van der Waals surface area contributed by atoms with E-state index in [0.29, 0.717) is 11.2 Å². The van der Waals surface area contributed by atoms with Gasteiger partial charge in [0.05, 0.1) is 22.6 Å². The average molecular weight is 406 g/mol. The van der Waals surface area contributed by atoms with Crippen LogP contribution in [0, 0.1) is 5.41 Å². The summed E-state index contributed by atoms with van der Waals surface area (Å²) in [5.74, 6) is 0.560. The molecular weight excluding hydrogens is 382 g/mol. The first-order chi connectivity index (χ1) is 11.9. The largest absolute Gasteiger partial charge is 0.383 e. The van der Waals surface area contributed by atoms with Gasteiger partial charge in [0.15, 0.2) is 5.65 Å². The fourth-order valence-electron chi connectivity index (χ4n) is 2.61. The van der Waals surface area contributed by atoms with Crippen molar-refractivity contribution in [1.82, 2.24) is 30.1 Å². The molecule has 0 saturated heterocycles. The minimum absolute atomic E-state index is 0.340. The lowest BCUT2D eigenvalue weighted by molar-refractivity contribution is 0.367. The van der Waals surface area contributed by atoms with E-state index in [9.17, 15) is 0 Å². The molecule has 0 aliphatic heterocycles. The van der Waals surface area contributed by atoms with Gasteiger partial charge in [-0.05, 0) is 34.3 Å². The number of anilines is 1. The molecule has 0 unspecified atom stereocenters. The maximum atomic E-state index is 6.24. The summed E-state index contributed by atoms with van der Waals surface area (Å²) in [6.07, 6.45) is 7.27. The molecule has 3 heterocycles. The molecular formula is C17H24BrN7. The molecule has 0 aliphatic rings. The number of nitrogen functional groups attached to an aromatic ring is 1. The zero-order valence-electron chi connectivity index (χ0n) is 14.8. The van der Waals surface area contributed by atoms with Crippen LogP contribution in [0.25, 0.3) is 16.8 Å². The number of aromatic amines is 1. The summed E-state index contributed by atoms with van der Waals surface area (Å²) in [5, 5.41) is 14.7. The Hall–Kier alpha value is -1.93. The summed E-state index contributed by atoms with van der Waals surface area (Å²) in [5.41, 5.74) is 10.1. The Morgan fingerprint density at radius 2 is 2.08 bits per heavy atom. The topological polar surface area (TPSA) is 96.9 Å². The molecule has 0 atom stereocenters. The summed E-state index contributed by atoms with van der Waals surface area (Å²) in [6.45, 7) is 8.59. The second-order valence-corrected chi connectivity index (χ2v) is 8.14. The SMILES string of the molecule is CC(C)(C)CCNCCc1nc2c(-c3cn[nH]c3)cnn2c(N)c1Br. The maximum absolute atomic E-state index is 6.24. The number of nitrogens with zero attached hydrogens (tertiary/aromatic N) is 4. The summed E-state index contributed by atoms with van der Waals surface area (Å²) in [6, 6.07) is 0. The van der Waals surface area contributed by atoms with Gasteiger partial charge in [-0.2, -0.15) is 14.7 Å². The Morgan fingerprint density at radius 1 is 1.28 bits per heavy atom. The lowest BCUT2D eigenvalue weighted by Crippen LogP contribution is -2.23. The van der Waals surface area contributed by atoms with Gasteiger partial charge >= 0.3 is 0 Å². The van der Waals surface area contributed by atoms with Crippen LogP contribution in [0.2, 0.25) is 0 Å². The first-order valence-corrected chi connectivity index (χ1v) is 9.17. The van der Waals surface area contributed by atoms with Crippen LogP contribution in [0.1, 0.15) is 32.9 Å². The lowest BCUT2D eigenvalue weighted by atomic mass is 9.92. The summed E-state index contributed by atoms with van der Waals surface area (Å²) in [7, 11) is 0. The van der Waals surface area contributed by atoms with Crippen LogP contribution in [-0.4, -0.2) is 37.9 Å². The fourth-order valence-corrected chi connectivity index (χ4v) is 3.06. The number of nitrogens with one attached hydrogen (secondary N) is 2. The molecule has 4 N–H and O–H groups in total. The molecule has 0 amide bonds. The van der Waals surface area contributed by atoms with E-state index in [1.54, 1.807) is 16.9 Å². The van der Waals surface area contributed by atoms with Gasteiger partial charge in [0, 0.05) is 30.3 Å². The zero-order valence-corrected chi connectivity index (χ0v) is 16.4. The number of rotatable bonds is 6. The van der Waals surface area contributed by atoms with E-state index in [0.717, 1.165) is 52.9 Å². The van der Waals surface area contributed by atoms with Gasteiger partial charge in [0.25, 0.3) is 0 Å². The number of fused-ring (bicyclic) bond motifs is 1. The summed E-state index contributed by atoms with van der Waals surface area (Å²) < 4.78 is 2.46. The standard InChI is InChI=1S/C17H24BrN7/c1-17(2,3)5-7-20-6-4-13-14(18)15(19)25-16(24-13)12(10-23-25)11-8-21-22-9-11/h8-10,20H,4-7,19H2,1-3H3,(H,21,22). The molecule has 0 aromatic carbocycles. The Bertz CT molecular complexity index is 846. The van der Waals surface area contributed by atoms with Gasteiger partial charge in [-0.25, -0.2) is 4.98 Å². The molecule has 0 spiro atoms. The van der Waals surface area contributed by atoms with Crippen molar-refractivity contribution in [3.63, 3.8) is 0 Å². The van der Waals surface area contributed by atoms with Gasteiger partial charge in [-0.15, -0.1) is 0 Å². The highest BCUT2D eigenvalue weighted by Gasteiger charge is 2.16. The van der Waals surface area contributed by atoms with Crippen LogP contribution in [0.4, 0.5) is 5.82 Å². The van der Waals surface area contributed by atoms with Crippen molar-refractivity contribution >= 4 is 27.4 Å². The van der Waals surface area contributed by atoms with Crippen LogP contribution in [0.5, 0.6) is 0 Å². The van der Waals surface area contributed by atoms with Crippen molar-refractivity contribution in [1.29, 1.82) is 0 Å².